The summed E-state index contributed by atoms with van der Waals surface area (Å²) in [5.41, 5.74) is 3.40. The van der Waals surface area contributed by atoms with E-state index in [-0.39, 0.29) is 0 Å². The summed E-state index contributed by atoms with van der Waals surface area (Å²) in [5, 5.41) is 0. The maximum atomic E-state index is 11.6. The van der Waals surface area contributed by atoms with Gasteiger partial charge < -0.3 is 9.47 Å². The standard InChI is InChI=1S/C15H16O4/c1-18-14(16)13(15(17)19-2)9-10-7-11-5-3-4-6-12(11)8-10/h3-7,13H,8-9H2,1-2H3. The van der Waals surface area contributed by atoms with E-state index in [1.54, 1.807) is 0 Å². The third kappa shape index (κ3) is 2.84. The summed E-state index contributed by atoms with van der Waals surface area (Å²) in [6, 6.07) is 8.02. The molecule has 19 heavy (non-hydrogen) atoms. The number of hydrogen-bond donors (Lipinski definition) is 0. The van der Waals surface area contributed by atoms with E-state index >= 15 is 0 Å². The van der Waals surface area contributed by atoms with Crippen molar-refractivity contribution in [2.75, 3.05) is 14.2 Å². The van der Waals surface area contributed by atoms with Crippen molar-refractivity contribution in [3.63, 3.8) is 0 Å². The molecule has 0 heterocycles. The third-order valence-electron chi connectivity index (χ3n) is 3.27. The highest BCUT2D eigenvalue weighted by Gasteiger charge is 2.30. The lowest BCUT2D eigenvalue weighted by Gasteiger charge is -2.12. The zero-order valence-electron chi connectivity index (χ0n) is 11.0. The van der Waals surface area contributed by atoms with Gasteiger partial charge in [0, 0.05) is 0 Å². The van der Waals surface area contributed by atoms with Gasteiger partial charge in [-0.25, -0.2) is 0 Å². The molecule has 1 aromatic carbocycles. The van der Waals surface area contributed by atoms with Gasteiger partial charge in [0.1, 0.15) is 0 Å². The molecule has 0 amide bonds. The van der Waals surface area contributed by atoms with Gasteiger partial charge in [0.2, 0.25) is 0 Å². The predicted molar refractivity (Wildman–Crippen MR) is 70.3 cm³/mol. The maximum absolute atomic E-state index is 11.6. The molecule has 0 aliphatic heterocycles. The molecular formula is C15H16O4. The second-order valence-electron chi connectivity index (χ2n) is 4.48. The first-order valence-electron chi connectivity index (χ1n) is 6.08. The summed E-state index contributed by atoms with van der Waals surface area (Å²) in [6.07, 6.45) is 3.13. The van der Waals surface area contributed by atoms with Crippen molar-refractivity contribution in [1.82, 2.24) is 0 Å². The Morgan fingerprint density at radius 1 is 1.16 bits per heavy atom. The molecule has 1 aromatic rings. The minimum absolute atomic E-state index is 0.341. The number of hydrogen-bond acceptors (Lipinski definition) is 4. The lowest BCUT2D eigenvalue weighted by molar-refractivity contribution is -0.158. The molecule has 0 spiro atoms. The van der Waals surface area contributed by atoms with Crippen LogP contribution < -0.4 is 0 Å². The Bertz CT molecular complexity index is 515. The molecule has 4 nitrogen and oxygen atoms in total. The number of ether oxygens (including phenoxy) is 2. The molecule has 0 saturated carbocycles. The van der Waals surface area contributed by atoms with Gasteiger partial charge in [-0.05, 0) is 24.0 Å². The van der Waals surface area contributed by atoms with E-state index in [1.807, 2.05) is 30.3 Å². The molecule has 0 radical (unpaired) electrons. The smallest absolute Gasteiger partial charge is 0.320 e. The lowest BCUT2D eigenvalue weighted by atomic mass is 9.98. The third-order valence-corrected chi connectivity index (χ3v) is 3.27. The first-order valence-corrected chi connectivity index (χ1v) is 6.08. The van der Waals surface area contributed by atoms with Crippen LogP contribution in [0.15, 0.2) is 29.8 Å². The second kappa shape index (κ2) is 5.69. The van der Waals surface area contributed by atoms with E-state index in [0.717, 1.165) is 17.6 Å². The first-order chi connectivity index (χ1) is 9.15. The summed E-state index contributed by atoms with van der Waals surface area (Å²) in [7, 11) is 2.55. The first kappa shape index (κ1) is 13.3. The molecule has 100 valence electrons. The Morgan fingerprint density at radius 2 is 1.79 bits per heavy atom. The van der Waals surface area contributed by atoms with Crippen molar-refractivity contribution >= 4 is 18.0 Å². The Morgan fingerprint density at radius 3 is 2.37 bits per heavy atom. The van der Waals surface area contributed by atoms with Crippen LogP contribution in [0.5, 0.6) is 0 Å². The van der Waals surface area contributed by atoms with E-state index in [0.29, 0.717) is 6.42 Å². The second-order valence-corrected chi connectivity index (χ2v) is 4.48. The zero-order valence-corrected chi connectivity index (χ0v) is 11.0. The van der Waals surface area contributed by atoms with Gasteiger partial charge in [0.25, 0.3) is 0 Å². The van der Waals surface area contributed by atoms with Crippen LogP contribution in [0.1, 0.15) is 17.5 Å². The highest BCUT2D eigenvalue weighted by Crippen LogP contribution is 2.29. The molecule has 0 N–H and O–H groups in total. The van der Waals surface area contributed by atoms with Crippen molar-refractivity contribution in [2.45, 2.75) is 12.8 Å². The molecule has 1 aliphatic carbocycles. The number of fused-ring (bicyclic) bond motifs is 1. The van der Waals surface area contributed by atoms with Crippen molar-refractivity contribution in [3.8, 4) is 0 Å². The monoisotopic (exact) mass is 260 g/mol. The summed E-state index contributed by atoms with van der Waals surface area (Å²) >= 11 is 0. The molecule has 0 unspecified atom stereocenters. The largest absolute Gasteiger partial charge is 0.468 e. The van der Waals surface area contributed by atoms with Crippen molar-refractivity contribution in [1.29, 1.82) is 0 Å². The van der Waals surface area contributed by atoms with Gasteiger partial charge in [-0.3, -0.25) is 9.59 Å². The van der Waals surface area contributed by atoms with Gasteiger partial charge in [0.15, 0.2) is 5.92 Å². The van der Waals surface area contributed by atoms with Crippen molar-refractivity contribution in [3.05, 3.63) is 41.0 Å². The van der Waals surface area contributed by atoms with Crippen LogP contribution in [0.4, 0.5) is 0 Å². The average molecular weight is 260 g/mol. The van der Waals surface area contributed by atoms with Gasteiger partial charge >= 0.3 is 11.9 Å². The van der Waals surface area contributed by atoms with Crippen LogP contribution in [0.2, 0.25) is 0 Å². The van der Waals surface area contributed by atoms with E-state index in [2.05, 4.69) is 9.47 Å². The summed E-state index contributed by atoms with van der Waals surface area (Å²) in [4.78, 5) is 23.2. The fraction of sp³-hybridized carbons (Fsp3) is 0.333. The van der Waals surface area contributed by atoms with Crippen LogP contribution in [-0.4, -0.2) is 26.2 Å². The molecular weight excluding hydrogens is 244 g/mol. The Labute approximate surface area is 112 Å². The molecule has 0 fully saturated rings. The van der Waals surface area contributed by atoms with Crippen LogP contribution in [-0.2, 0) is 25.5 Å². The highest BCUT2D eigenvalue weighted by atomic mass is 16.5. The minimum Gasteiger partial charge on any atom is -0.468 e. The Hall–Kier alpha value is -2.10. The highest BCUT2D eigenvalue weighted by molar-refractivity contribution is 5.95. The minimum atomic E-state index is -0.879. The Kier molecular flexibility index (Phi) is 4.00. The molecule has 1 aliphatic rings. The fourth-order valence-electron chi connectivity index (χ4n) is 2.29. The van der Waals surface area contributed by atoms with E-state index in [4.69, 9.17) is 0 Å². The summed E-state index contributed by atoms with van der Waals surface area (Å²) in [6.45, 7) is 0. The maximum Gasteiger partial charge on any atom is 0.320 e. The predicted octanol–water partition coefficient (Wildman–Crippen LogP) is 1.98. The Balaban J connectivity index is 2.12. The number of carbonyl (C=O) groups is 2. The summed E-state index contributed by atoms with van der Waals surface area (Å²) < 4.78 is 9.31. The number of allylic oxidation sites excluding steroid dienone is 1. The van der Waals surface area contributed by atoms with E-state index in [1.165, 1.54) is 19.8 Å². The quantitative estimate of drug-likeness (QED) is 0.613. The van der Waals surface area contributed by atoms with Gasteiger partial charge in [-0.1, -0.05) is 35.9 Å². The fourth-order valence-corrected chi connectivity index (χ4v) is 2.29. The lowest BCUT2D eigenvalue weighted by Crippen LogP contribution is -2.27. The molecule has 0 aromatic heterocycles. The van der Waals surface area contributed by atoms with E-state index in [9.17, 15) is 9.59 Å². The normalized spacial score (nSPS) is 12.9. The molecule has 4 heteroatoms. The SMILES string of the molecule is COC(=O)C(CC1=Cc2ccccc2C1)C(=O)OC. The van der Waals surface area contributed by atoms with Crippen molar-refractivity contribution in [2.24, 2.45) is 5.92 Å². The van der Waals surface area contributed by atoms with Gasteiger partial charge in [-0.15, -0.1) is 0 Å². The van der Waals surface area contributed by atoms with Crippen LogP contribution in [0, 0.1) is 5.92 Å². The zero-order chi connectivity index (χ0) is 13.8. The topological polar surface area (TPSA) is 52.6 Å². The van der Waals surface area contributed by atoms with Crippen LogP contribution in [0.3, 0.4) is 0 Å². The number of methoxy groups -OCH3 is 2. The number of benzene rings is 1. The van der Waals surface area contributed by atoms with Crippen molar-refractivity contribution < 1.29 is 19.1 Å². The van der Waals surface area contributed by atoms with Crippen LogP contribution >= 0.6 is 0 Å². The molecule has 0 bridgehead atoms. The van der Waals surface area contributed by atoms with Crippen LogP contribution in [0.25, 0.3) is 6.08 Å². The number of esters is 2. The number of carbonyl (C=O) groups excluding carboxylic acids is 2. The van der Waals surface area contributed by atoms with Gasteiger partial charge in [0.05, 0.1) is 14.2 Å². The number of rotatable bonds is 4. The molecule has 0 atom stereocenters. The average Bonchev–Trinajstić information content (AvgIpc) is 2.85. The van der Waals surface area contributed by atoms with E-state index < -0.39 is 17.9 Å². The molecule has 0 saturated heterocycles. The van der Waals surface area contributed by atoms with Gasteiger partial charge in [-0.2, -0.15) is 0 Å². The molecule has 2 rings (SSSR count). The summed E-state index contributed by atoms with van der Waals surface area (Å²) in [5.74, 6) is -1.98.